The molecule has 0 spiro atoms. The monoisotopic (exact) mass is 278 g/mol. The van der Waals surface area contributed by atoms with Gasteiger partial charge >= 0.3 is 0 Å². The van der Waals surface area contributed by atoms with Gasteiger partial charge in [-0.25, -0.2) is 0 Å². The molecule has 0 aliphatic carbocycles. The summed E-state index contributed by atoms with van der Waals surface area (Å²) in [6, 6.07) is 10.1. The average Bonchev–Trinajstić information content (AvgIpc) is 2.48. The van der Waals surface area contributed by atoms with E-state index in [1.807, 2.05) is 37.3 Å². The molecule has 4 unspecified atom stereocenters. The number of benzene rings is 1. The van der Waals surface area contributed by atoms with Crippen LogP contribution in [-0.4, -0.2) is 31.0 Å². The minimum atomic E-state index is -0.559. The maximum atomic E-state index is 9.84. The number of rotatable bonds is 9. The Kier molecular flexibility index (Phi) is 7.52. The van der Waals surface area contributed by atoms with Crippen molar-refractivity contribution in [2.75, 3.05) is 13.7 Å². The quantitative estimate of drug-likeness (QED) is 0.706. The van der Waals surface area contributed by atoms with E-state index in [2.05, 4.69) is 13.5 Å². The van der Waals surface area contributed by atoms with Gasteiger partial charge in [-0.2, -0.15) is 0 Å². The van der Waals surface area contributed by atoms with Gasteiger partial charge in [0.2, 0.25) is 0 Å². The predicted molar refractivity (Wildman–Crippen MR) is 81.4 cm³/mol. The van der Waals surface area contributed by atoms with Crippen LogP contribution in [0.15, 0.2) is 43.0 Å². The van der Waals surface area contributed by atoms with Gasteiger partial charge in [0.15, 0.2) is 0 Å². The molecule has 3 heteroatoms. The molecule has 20 heavy (non-hydrogen) atoms. The molecule has 0 amide bonds. The van der Waals surface area contributed by atoms with Crippen molar-refractivity contribution in [3.63, 3.8) is 0 Å². The maximum absolute atomic E-state index is 9.84. The van der Waals surface area contributed by atoms with Crippen molar-refractivity contribution in [3.8, 4) is 0 Å². The van der Waals surface area contributed by atoms with Crippen LogP contribution in [0.4, 0.5) is 0 Å². The first kappa shape index (κ1) is 16.9. The molecule has 112 valence electrons. The van der Waals surface area contributed by atoms with Gasteiger partial charge in [-0.1, -0.05) is 50.3 Å². The fraction of sp³-hybridized carbons (Fsp3) is 0.529. The van der Waals surface area contributed by atoms with Crippen molar-refractivity contribution in [3.05, 3.63) is 48.6 Å². The van der Waals surface area contributed by atoms with Crippen LogP contribution in [0.5, 0.6) is 0 Å². The molecule has 0 heterocycles. The fourth-order valence-electron chi connectivity index (χ4n) is 2.41. The van der Waals surface area contributed by atoms with E-state index in [0.717, 1.165) is 5.56 Å². The number of ether oxygens (including phenoxy) is 2. The molecule has 1 aromatic rings. The van der Waals surface area contributed by atoms with E-state index < -0.39 is 6.10 Å². The summed E-state index contributed by atoms with van der Waals surface area (Å²) in [5, 5.41) is 9.84. The average molecular weight is 278 g/mol. The summed E-state index contributed by atoms with van der Waals surface area (Å²) in [4.78, 5) is 0. The molecule has 3 nitrogen and oxygen atoms in total. The summed E-state index contributed by atoms with van der Waals surface area (Å²) in [5.41, 5.74) is 1.16. The van der Waals surface area contributed by atoms with Gasteiger partial charge in [-0.05, 0) is 5.56 Å². The smallest absolute Gasteiger partial charge is 0.0768 e. The highest BCUT2D eigenvalue weighted by Gasteiger charge is 2.27. The Morgan fingerprint density at radius 1 is 1.25 bits per heavy atom. The molecule has 0 fully saturated rings. The number of methoxy groups -OCH3 is 1. The molecular weight excluding hydrogens is 252 g/mol. The van der Waals surface area contributed by atoms with Gasteiger partial charge in [-0.3, -0.25) is 0 Å². The van der Waals surface area contributed by atoms with Crippen LogP contribution < -0.4 is 0 Å². The lowest BCUT2D eigenvalue weighted by molar-refractivity contribution is -0.0471. The van der Waals surface area contributed by atoms with E-state index in [9.17, 15) is 5.11 Å². The predicted octanol–water partition coefficient (Wildman–Crippen LogP) is 3.04. The highest BCUT2D eigenvalue weighted by atomic mass is 16.5. The summed E-state index contributed by atoms with van der Waals surface area (Å²) in [7, 11) is 1.67. The van der Waals surface area contributed by atoms with Crippen LogP contribution in [0.1, 0.15) is 19.4 Å². The summed E-state index contributed by atoms with van der Waals surface area (Å²) in [6.45, 7) is 8.86. The Bertz CT molecular complexity index is 377. The third-order valence-electron chi connectivity index (χ3n) is 3.62. The van der Waals surface area contributed by atoms with E-state index >= 15 is 0 Å². The van der Waals surface area contributed by atoms with Crippen LogP contribution in [-0.2, 0) is 16.1 Å². The van der Waals surface area contributed by atoms with Gasteiger partial charge < -0.3 is 14.6 Å². The van der Waals surface area contributed by atoms with Crippen molar-refractivity contribution in [2.45, 2.75) is 32.7 Å². The molecule has 0 aliphatic rings. The van der Waals surface area contributed by atoms with Crippen LogP contribution >= 0.6 is 0 Å². The minimum Gasteiger partial charge on any atom is -0.389 e. The largest absolute Gasteiger partial charge is 0.389 e. The minimum absolute atomic E-state index is 0.00664. The van der Waals surface area contributed by atoms with Crippen LogP contribution in [0.25, 0.3) is 0 Å². The Hall–Kier alpha value is -1.16. The lowest BCUT2D eigenvalue weighted by Gasteiger charge is -2.30. The molecule has 0 bridgehead atoms. The zero-order valence-corrected chi connectivity index (χ0v) is 12.7. The highest BCUT2D eigenvalue weighted by Crippen LogP contribution is 2.21. The van der Waals surface area contributed by atoms with Crippen molar-refractivity contribution in [2.24, 2.45) is 11.8 Å². The van der Waals surface area contributed by atoms with E-state index in [1.165, 1.54) is 0 Å². The third-order valence-corrected chi connectivity index (χ3v) is 3.62. The highest BCUT2D eigenvalue weighted by molar-refractivity contribution is 5.13. The number of hydrogen-bond donors (Lipinski definition) is 1. The van der Waals surface area contributed by atoms with Crippen molar-refractivity contribution < 1.29 is 14.6 Å². The Balaban J connectivity index is 2.43. The summed E-state index contributed by atoms with van der Waals surface area (Å²) >= 11 is 0. The molecule has 0 aliphatic heterocycles. The Morgan fingerprint density at radius 3 is 2.45 bits per heavy atom. The molecule has 1 rings (SSSR count). The number of aliphatic hydroxyl groups excluding tert-OH is 1. The summed E-state index contributed by atoms with van der Waals surface area (Å²) in [6.07, 6.45) is 0.934. The Morgan fingerprint density at radius 2 is 1.90 bits per heavy atom. The number of hydrogen-bond acceptors (Lipinski definition) is 3. The van der Waals surface area contributed by atoms with Gasteiger partial charge in [-0.15, -0.1) is 6.58 Å². The first-order chi connectivity index (χ1) is 9.60. The zero-order chi connectivity index (χ0) is 15.0. The first-order valence-electron chi connectivity index (χ1n) is 7.05. The van der Waals surface area contributed by atoms with E-state index in [4.69, 9.17) is 9.47 Å². The second-order valence-corrected chi connectivity index (χ2v) is 5.26. The molecule has 0 radical (unpaired) electrons. The first-order valence-corrected chi connectivity index (χ1v) is 7.05. The normalized spacial score (nSPS) is 17.2. The lowest BCUT2D eigenvalue weighted by Crippen LogP contribution is -2.36. The summed E-state index contributed by atoms with van der Waals surface area (Å²) in [5.74, 6) is 0.195. The fourth-order valence-corrected chi connectivity index (χ4v) is 2.41. The van der Waals surface area contributed by atoms with Crippen molar-refractivity contribution in [1.82, 2.24) is 0 Å². The standard InChI is InChI=1S/C17H26O3/c1-5-16(18)14(3)17(19-4)13(2)11-20-12-15-9-7-6-8-10-15/h5-10,13-14,16-18H,1,11-12H2,2-4H3. The SMILES string of the molecule is C=CC(O)C(C)C(OC)C(C)COCc1ccccc1. The second-order valence-electron chi connectivity index (χ2n) is 5.26. The van der Waals surface area contributed by atoms with Crippen LogP contribution in [0.3, 0.4) is 0 Å². The van der Waals surface area contributed by atoms with E-state index in [0.29, 0.717) is 13.2 Å². The lowest BCUT2D eigenvalue weighted by atomic mass is 9.89. The van der Waals surface area contributed by atoms with Crippen molar-refractivity contribution in [1.29, 1.82) is 0 Å². The second kappa shape index (κ2) is 8.90. The summed E-state index contributed by atoms with van der Waals surface area (Å²) < 4.78 is 11.3. The molecule has 1 aromatic carbocycles. The van der Waals surface area contributed by atoms with Gasteiger partial charge in [0.05, 0.1) is 25.4 Å². The van der Waals surface area contributed by atoms with Crippen molar-refractivity contribution >= 4 is 0 Å². The molecule has 4 atom stereocenters. The maximum Gasteiger partial charge on any atom is 0.0768 e. The van der Waals surface area contributed by atoms with Crippen LogP contribution in [0.2, 0.25) is 0 Å². The molecular formula is C17H26O3. The number of aliphatic hydroxyl groups is 1. The zero-order valence-electron chi connectivity index (χ0n) is 12.7. The van der Waals surface area contributed by atoms with Gasteiger partial charge in [0.25, 0.3) is 0 Å². The molecule has 0 aromatic heterocycles. The van der Waals surface area contributed by atoms with Gasteiger partial charge in [0, 0.05) is 18.9 Å². The van der Waals surface area contributed by atoms with Gasteiger partial charge in [0.1, 0.15) is 0 Å². The Labute approximate surface area is 122 Å². The molecule has 1 N–H and O–H groups in total. The topological polar surface area (TPSA) is 38.7 Å². The molecule has 0 saturated carbocycles. The van der Waals surface area contributed by atoms with E-state index in [-0.39, 0.29) is 17.9 Å². The molecule has 0 saturated heterocycles. The van der Waals surface area contributed by atoms with E-state index in [1.54, 1.807) is 13.2 Å². The van der Waals surface area contributed by atoms with Crippen LogP contribution in [0, 0.1) is 11.8 Å². The third kappa shape index (κ3) is 5.08.